The van der Waals surface area contributed by atoms with Crippen molar-refractivity contribution in [2.75, 3.05) is 7.11 Å². The SMILES string of the molecule is C=C1[C@H](O)CC[C@]2(C)CC[C@@H](/C(=C\c3ccccc3)C(=O)OC)C[C@@H]12. The minimum absolute atomic E-state index is 0.146. The van der Waals surface area contributed by atoms with E-state index in [-0.39, 0.29) is 23.2 Å². The molecule has 2 aliphatic carbocycles. The Hall–Kier alpha value is -1.87. The Balaban J connectivity index is 1.89. The van der Waals surface area contributed by atoms with E-state index in [4.69, 9.17) is 4.74 Å². The van der Waals surface area contributed by atoms with E-state index in [0.717, 1.165) is 48.8 Å². The van der Waals surface area contributed by atoms with Gasteiger partial charge in [0.2, 0.25) is 0 Å². The van der Waals surface area contributed by atoms with Crippen LogP contribution in [0.4, 0.5) is 0 Å². The number of fused-ring (bicyclic) bond motifs is 1. The van der Waals surface area contributed by atoms with Gasteiger partial charge in [-0.2, -0.15) is 0 Å². The zero-order chi connectivity index (χ0) is 18.0. The van der Waals surface area contributed by atoms with Crippen molar-refractivity contribution >= 4 is 12.0 Å². The largest absolute Gasteiger partial charge is 0.466 e. The predicted molar refractivity (Wildman–Crippen MR) is 99.8 cm³/mol. The molecule has 0 radical (unpaired) electrons. The van der Waals surface area contributed by atoms with Crippen LogP contribution < -0.4 is 0 Å². The van der Waals surface area contributed by atoms with Gasteiger partial charge in [-0.05, 0) is 66.6 Å². The molecule has 0 saturated heterocycles. The van der Waals surface area contributed by atoms with Crippen molar-refractivity contribution < 1.29 is 14.6 Å². The molecule has 1 N–H and O–H groups in total. The Labute approximate surface area is 150 Å². The van der Waals surface area contributed by atoms with Crippen LogP contribution in [0.15, 0.2) is 48.1 Å². The lowest BCUT2D eigenvalue weighted by molar-refractivity contribution is -0.137. The molecule has 134 valence electrons. The fourth-order valence-electron chi connectivity index (χ4n) is 4.62. The van der Waals surface area contributed by atoms with Crippen molar-refractivity contribution in [1.29, 1.82) is 0 Å². The third-order valence-electron chi connectivity index (χ3n) is 6.27. The highest BCUT2D eigenvalue weighted by atomic mass is 16.5. The molecular weight excluding hydrogens is 312 g/mol. The quantitative estimate of drug-likeness (QED) is 0.505. The van der Waals surface area contributed by atoms with Gasteiger partial charge in [-0.25, -0.2) is 4.79 Å². The highest BCUT2D eigenvalue weighted by Crippen LogP contribution is 2.54. The molecule has 3 heteroatoms. The first-order valence-corrected chi connectivity index (χ1v) is 9.16. The van der Waals surface area contributed by atoms with Gasteiger partial charge in [-0.3, -0.25) is 0 Å². The summed E-state index contributed by atoms with van der Waals surface area (Å²) in [7, 11) is 1.44. The first kappa shape index (κ1) is 17.9. The number of carbonyl (C=O) groups is 1. The molecule has 0 bridgehead atoms. The summed E-state index contributed by atoms with van der Waals surface area (Å²) < 4.78 is 5.07. The van der Waals surface area contributed by atoms with Crippen LogP contribution in [-0.2, 0) is 9.53 Å². The van der Waals surface area contributed by atoms with E-state index in [1.165, 1.54) is 7.11 Å². The van der Waals surface area contributed by atoms with Crippen molar-refractivity contribution in [3.8, 4) is 0 Å². The van der Waals surface area contributed by atoms with Crippen molar-refractivity contribution in [1.82, 2.24) is 0 Å². The van der Waals surface area contributed by atoms with E-state index in [0.29, 0.717) is 0 Å². The number of esters is 1. The number of hydrogen-bond acceptors (Lipinski definition) is 3. The van der Waals surface area contributed by atoms with Crippen LogP contribution in [-0.4, -0.2) is 24.3 Å². The normalized spacial score (nSPS) is 32.8. The van der Waals surface area contributed by atoms with E-state index in [1.807, 2.05) is 36.4 Å². The van der Waals surface area contributed by atoms with Crippen molar-refractivity contribution in [3.05, 3.63) is 53.6 Å². The topological polar surface area (TPSA) is 46.5 Å². The van der Waals surface area contributed by atoms with Crippen LogP contribution in [0.5, 0.6) is 0 Å². The van der Waals surface area contributed by atoms with Crippen LogP contribution >= 0.6 is 0 Å². The lowest BCUT2D eigenvalue weighted by atomic mass is 9.55. The van der Waals surface area contributed by atoms with Gasteiger partial charge in [0.15, 0.2) is 0 Å². The number of hydrogen-bond donors (Lipinski definition) is 1. The van der Waals surface area contributed by atoms with Gasteiger partial charge >= 0.3 is 5.97 Å². The number of aliphatic hydroxyl groups is 1. The smallest absolute Gasteiger partial charge is 0.334 e. The van der Waals surface area contributed by atoms with Crippen LogP contribution in [0.2, 0.25) is 0 Å². The summed E-state index contributed by atoms with van der Waals surface area (Å²) in [5.41, 5.74) is 2.89. The molecular formula is C22H28O3. The van der Waals surface area contributed by atoms with E-state index < -0.39 is 6.10 Å². The molecule has 1 aromatic carbocycles. The predicted octanol–water partition coefficient (Wildman–Crippen LogP) is 4.38. The maximum absolute atomic E-state index is 12.4. The molecule has 2 aliphatic rings. The summed E-state index contributed by atoms with van der Waals surface area (Å²) >= 11 is 0. The highest BCUT2D eigenvalue weighted by molar-refractivity contribution is 5.94. The Kier molecular flexibility index (Phi) is 5.14. The highest BCUT2D eigenvalue weighted by Gasteiger charge is 2.46. The number of carbonyl (C=O) groups excluding carboxylic acids is 1. The fraction of sp³-hybridized carbons (Fsp3) is 0.500. The third-order valence-corrected chi connectivity index (χ3v) is 6.27. The maximum atomic E-state index is 12.4. The van der Waals surface area contributed by atoms with Crippen LogP contribution in [0.25, 0.3) is 6.08 Å². The summed E-state index contributed by atoms with van der Waals surface area (Å²) in [6, 6.07) is 9.91. The number of benzene rings is 1. The Morgan fingerprint density at radius 2 is 1.96 bits per heavy atom. The van der Waals surface area contributed by atoms with Gasteiger partial charge in [0.1, 0.15) is 0 Å². The molecule has 0 heterocycles. The monoisotopic (exact) mass is 340 g/mol. The summed E-state index contributed by atoms with van der Waals surface area (Å²) in [6.07, 6.45) is 6.28. The van der Waals surface area contributed by atoms with E-state index in [1.54, 1.807) is 0 Å². The van der Waals surface area contributed by atoms with Crippen LogP contribution in [0.3, 0.4) is 0 Å². The fourth-order valence-corrected chi connectivity index (χ4v) is 4.62. The molecule has 0 amide bonds. The molecule has 3 rings (SSSR count). The first-order valence-electron chi connectivity index (χ1n) is 9.16. The van der Waals surface area contributed by atoms with Crippen LogP contribution in [0.1, 0.15) is 44.6 Å². The molecule has 2 fully saturated rings. The number of ether oxygens (including phenoxy) is 1. The Bertz CT molecular complexity index is 676. The Morgan fingerprint density at radius 1 is 1.28 bits per heavy atom. The second-order valence-electron chi connectivity index (χ2n) is 7.81. The molecule has 2 saturated carbocycles. The lowest BCUT2D eigenvalue weighted by Crippen LogP contribution is -2.43. The number of rotatable bonds is 3. The van der Waals surface area contributed by atoms with Gasteiger partial charge in [0, 0.05) is 5.57 Å². The summed E-state index contributed by atoms with van der Waals surface area (Å²) in [6.45, 7) is 6.49. The van der Waals surface area contributed by atoms with Gasteiger partial charge in [0.05, 0.1) is 13.2 Å². The average molecular weight is 340 g/mol. The molecule has 0 spiro atoms. The zero-order valence-corrected chi connectivity index (χ0v) is 15.2. The van der Waals surface area contributed by atoms with Gasteiger partial charge in [-0.1, -0.05) is 43.8 Å². The zero-order valence-electron chi connectivity index (χ0n) is 15.2. The summed E-state index contributed by atoms with van der Waals surface area (Å²) in [5.74, 6) is 0.158. The Morgan fingerprint density at radius 3 is 2.64 bits per heavy atom. The molecule has 1 aromatic rings. The second kappa shape index (κ2) is 7.17. The molecule has 25 heavy (non-hydrogen) atoms. The first-order chi connectivity index (χ1) is 11.9. The molecule has 3 nitrogen and oxygen atoms in total. The molecule has 0 aliphatic heterocycles. The van der Waals surface area contributed by atoms with Gasteiger partial charge < -0.3 is 9.84 Å². The second-order valence-corrected chi connectivity index (χ2v) is 7.81. The van der Waals surface area contributed by atoms with E-state index in [9.17, 15) is 9.90 Å². The lowest BCUT2D eigenvalue weighted by Gasteiger charge is -2.50. The molecule has 4 atom stereocenters. The standard InChI is InChI=1S/C22H28O3/c1-15-19-14-17(9-11-22(19,2)12-10-20(15)23)18(21(24)25-3)13-16-7-5-4-6-8-16/h4-8,13,17,19-20,23H,1,9-12,14H2,2-3H3/b18-13+/t17-,19+,20-,22+/m1/s1. The van der Waals surface area contributed by atoms with Crippen molar-refractivity contribution in [2.45, 2.75) is 45.1 Å². The average Bonchev–Trinajstić information content (AvgIpc) is 2.63. The maximum Gasteiger partial charge on any atom is 0.334 e. The molecule has 0 aromatic heterocycles. The van der Waals surface area contributed by atoms with E-state index >= 15 is 0 Å². The number of methoxy groups -OCH3 is 1. The number of aliphatic hydroxyl groups excluding tert-OH is 1. The molecule has 0 unspecified atom stereocenters. The van der Waals surface area contributed by atoms with Crippen LogP contribution in [0, 0.1) is 17.3 Å². The van der Waals surface area contributed by atoms with Gasteiger partial charge in [-0.15, -0.1) is 0 Å². The van der Waals surface area contributed by atoms with Crippen molar-refractivity contribution in [2.24, 2.45) is 17.3 Å². The minimum atomic E-state index is -0.406. The summed E-state index contributed by atoms with van der Waals surface area (Å²) in [4.78, 5) is 12.4. The third kappa shape index (κ3) is 3.57. The van der Waals surface area contributed by atoms with E-state index in [2.05, 4.69) is 13.5 Å². The summed E-state index contributed by atoms with van der Waals surface area (Å²) in [5, 5.41) is 10.2. The minimum Gasteiger partial charge on any atom is -0.466 e. The van der Waals surface area contributed by atoms with Crippen molar-refractivity contribution in [3.63, 3.8) is 0 Å². The van der Waals surface area contributed by atoms with Gasteiger partial charge in [0.25, 0.3) is 0 Å².